The minimum absolute atomic E-state index is 0.148. The SMILES string of the molecule is CCOc1cccc(CC2(O)CCNC2)c1O. The van der Waals surface area contributed by atoms with Crippen LogP contribution in [-0.4, -0.2) is 35.5 Å². The summed E-state index contributed by atoms with van der Waals surface area (Å²) in [6.45, 7) is 3.79. The fourth-order valence-electron chi connectivity index (χ4n) is 2.22. The number of rotatable bonds is 4. The van der Waals surface area contributed by atoms with Crippen molar-refractivity contribution in [3.63, 3.8) is 0 Å². The molecule has 1 aromatic rings. The molecule has 1 fully saturated rings. The van der Waals surface area contributed by atoms with Crippen LogP contribution < -0.4 is 10.1 Å². The average Bonchev–Trinajstić information content (AvgIpc) is 2.71. The van der Waals surface area contributed by atoms with E-state index in [9.17, 15) is 10.2 Å². The Balaban J connectivity index is 2.18. The summed E-state index contributed by atoms with van der Waals surface area (Å²) in [5.74, 6) is 0.634. The van der Waals surface area contributed by atoms with E-state index in [-0.39, 0.29) is 5.75 Å². The van der Waals surface area contributed by atoms with E-state index in [2.05, 4.69) is 5.32 Å². The maximum absolute atomic E-state index is 10.3. The van der Waals surface area contributed by atoms with Crippen molar-refractivity contribution in [3.8, 4) is 11.5 Å². The summed E-state index contributed by atoms with van der Waals surface area (Å²) >= 11 is 0. The Morgan fingerprint density at radius 1 is 1.47 bits per heavy atom. The van der Waals surface area contributed by atoms with Crippen molar-refractivity contribution in [1.29, 1.82) is 0 Å². The largest absolute Gasteiger partial charge is 0.504 e. The third-order valence-corrected chi connectivity index (χ3v) is 3.12. The molecule has 94 valence electrons. The smallest absolute Gasteiger partial charge is 0.161 e. The zero-order valence-electron chi connectivity index (χ0n) is 10.1. The summed E-state index contributed by atoms with van der Waals surface area (Å²) in [5, 5.41) is 23.4. The number of nitrogens with one attached hydrogen (secondary N) is 1. The monoisotopic (exact) mass is 237 g/mol. The van der Waals surface area contributed by atoms with Gasteiger partial charge in [-0.1, -0.05) is 12.1 Å². The maximum Gasteiger partial charge on any atom is 0.161 e. The van der Waals surface area contributed by atoms with Crippen molar-refractivity contribution in [1.82, 2.24) is 5.32 Å². The lowest BCUT2D eigenvalue weighted by atomic mass is 9.93. The highest BCUT2D eigenvalue weighted by molar-refractivity contribution is 5.46. The number of hydrogen-bond acceptors (Lipinski definition) is 4. The van der Waals surface area contributed by atoms with E-state index in [0.29, 0.717) is 31.7 Å². The second-order valence-electron chi connectivity index (χ2n) is 4.52. The predicted molar refractivity (Wildman–Crippen MR) is 65.4 cm³/mol. The fraction of sp³-hybridized carbons (Fsp3) is 0.538. The first-order valence-corrected chi connectivity index (χ1v) is 6.01. The predicted octanol–water partition coefficient (Wildman–Crippen LogP) is 1.06. The molecule has 0 amide bonds. The van der Waals surface area contributed by atoms with Crippen LogP contribution in [-0.2, 0) is 6.42 Å². The van der Waals surface area contributed by atoms with E-state index in [1.807, 2.05) is 19.1 Å². The molecule has 0 bridgehead atoms. The number of aromatic hydroxyl groups is 1. The number of β-amino-alcohol motifs (C(OH)–C–C–N with tert-alkyl or cyclic N) is 1. The van der Waals surface area contributed by atoms with Crippen molar-refractivity contribution >= 4 is 0 Å². The molecule has 4 nitrogen and oxygen atoms in total. The van der Waals surface area contributed by atoms with Gasteiger partial charge in [-0.2, -0.15) is 0 Å². The highest BCUT2D eigenvalue weighted by Gasteiger charge is 2.32. The van der Waals surface area contributed by atoms with Gasteiger partial charge in [-0.15, -0.1) is 0 Å². The molecule has 4 heteroatoms. The first kappa shape index (κ1) is 12.2. The molecule has 1 atom stereocenters. The van der Waals surface area contributed by atoms with Gasteiger partial charge < -0.3 is 20.3 Å². The third kappa shape index (κ3) is 2.70. The van der Waals surface area contributed by atoms with E-state index in [0.717, 1.165) is 12.1 Å². The van der Waals surface area contributed by atoms with E-state index < -0.39 is 5.60 Å². The third-order valence-electron chi connectivity index (χ3n) is 3.12. The number of hydrogen-bond donors (Lipinski definition) is 3. The molecule has 0 aromatic heterocycles. The fourth-order valence-corrected chi connectivity index (χ4v) is 2.22. The highest BCUT2D eigenvalue weighted by Crippen LogP contribution is 2.33. The summed E-state index contributed by atoms with van der Waals surface area (Å²) in [6.07, 6.45) is 1.16. The van der Waals surface area contributed by atoms with Crippen LogP contribution in [0.1, 0.15) is 18.9 Å². The van der Waals surface area contributed by atoms with Crippen LogP contribution in [0.3, 0.4) is 0 Å². The summed E-state index contributed by atoms with van der Waals surface area (Å²) in [5.41, 5.74) is -0.00960. The number of ether oxygens (including phenoxy) is 1. The Kier molecular flexibility index (Phi) is 3.54. The van der Waals surface area contributed by atoms with Gasteiger partial charge in [0.25, 0.3) is 0 Å². The van der Waals surface area contributed by atoms with Gasteiger partial charge in [-0.05, 0) is 26.0 Å². The Labute approximate surface area is 101 Å². The number of aliphatic hydroxyl groups is 1. The van der Waals surface area contributed by atoms with E-state index >= 15 is 0 Å². The second-order valence-corrected chi connectivity index (χ2v) is 4.52. The lowest BCUT2D eigenvalue weighted by molar-refractivity contribution is 0.0611. The van der Waals surface area contributed by atoms with Crippen molar-refractivity contribution in [3.05, 3.63) is 23.8 Å². The Morgan fingerprint density at radius 3 is 2.94 bits per heavy atom. The number of para-hydroxylation sites is 1. The summed E-state index contributed by atoms with van der Waals surface area (Å²) < 4.78 is 5.33. The van der Waals surface area contributed by atoms with Crippen molar-refractivity contribution in [2.24, 2.45) is 0 Å². The van der Waals surface area contributed by atoms with Gasteiger partial charge >= 0.3 is 0 Å². The van der Waals surface area contributed by atoms with Crippen molar-refractivity contribution in [2.75, 3.05) is 19.7 Å². The van der Waals surface area contributed by atoms with Crippen LogP contribution in [0.2, 0.25) is 0 Å². The molecule has 0 saturated carbocycles. The van der Waals surface area contributed by atoms with Gasteiger partial charge in [0, 0.05) is 18.5 Å². The van der Waals surface area contributed by atoms with Crippen LogP contribution in [0.4, 0.5) is 0 Å². The van der Waals surface area contributed by atoms with Crippen molar-refractivity contribution in [2.45, 2.75) is 25.4 Å². The molecule has 2 rings (SSSR count). The molecule has 3 N–H and O–H groups in total. The molecule has 1 aliphatic heterocycles. The molecule has 0 aliphatic carbocycles. The van der Waals surface area contributed by atoms with Crippen molar-refractivity contribution < 1.29 is 14.9 Å². The standard InChI is InChI=1S/C13H19NO3/c1-2-17-11-5-3-4-10(12(11)15)8-13(16)6-7-14-9-13/h3-5,14-16H,2,6-9H2,1H3. The van der Waals surface area contributed by atoms with Crippen LogP contribution >= 0.6 is 0 Å². The van der Waals surface area contributed by atoms with Gasteiger partial charge in [0.2, 0.25) is 0 Å². The number of benzene rings is 1. The van der Waals surface area contributed by atoms with Crippen LogP contribution in [0.5, 0.6) is 11.5 Å². The minimum atomic E-state index is -0.748. The first-order chi connectivity index (χ1) is 8.14. The molecule has 1 saturated heterocycles. The van der Waals surface area contributed by atoms with Gasteiger partial charge in [-0.25, -0.2) is 0 Å². The molecule has 0 spiro atoms. The summed E-state index contributed by atoms with van der Waals surface area (Å²) in [6, 6.07) is 5.40. The quantitative estimate of drug-likeness (QED) is 0.732. The molecule has 1 aliphatic rings. The van der Waals surface area contributed by atoms with Crippen LogP contribution in [0.25, 0.3) is 0 Å². The average molecular weight is 237 g/mol. The lowest BCUT2D eigenvalue weighted by Crippen LogP contribution is -2.33. The van der Waals surface area contributed by atoms with Crippen LogP contribution in [0, 0.1) is 0 Å². The molecular formula is C13H19NO3. The number of phenols is 1. The highest BCUT2D eigenvalue weighted by atomic mass is 16.5. The molecule has 1 heterocycles. The van der Waals surface area contributed by atoms with E-state index in [1.54, 1.807) is 6.07 Å². The molecule has 17 heavy (non-hydrogen) atoms. The maximum atomic E-state index is 10.3. The summed E-state index contributed by atoms with van der Waals surface area (Å²) in [7, 11) is 0. The molecule has 0 radical (unpaired) electrons. The number of phenolic OH excluding ortho intramolecular Hbond substituents is 1. The van der Waals surface area contributed by atoms with Gasteiger partial charge in [0.05, 0.1) is 12.2 Å². The molecule has 1 aromatic carbocycles. The van der Waals surface area contributed by atoms with Crippen LogP contribution in [0.15, 0.2) is 18.2 Å². The van der Waals surface area contributed by atoms with E-state index in [4.69, 9.17) is 4.74 Å². The molecule has 1 unspecified atom stereocenters. The lowest BCUT2D eigenvalue weighted by Gasteiger charge is -2.22. The molecular weight excluding hydrogens is 218 g/mol. The van der Waals surface area contributed by atoms with Gasteiger partial charge in [-0.3, -0.25) is 0 Å². The van der Waals surface area contributed by atoms with E-state index in [1.165, 1.54) is 0 Å². The Morgan fingerprint density at radius 2 is 2.29 bits per heavy atom. The summed E-state index contributed by atoms with van der Waals surface area (Å²) in [4.78, 5) is 0. The first-order valence-electron chi connectivity index (χ1n) is 6.01. The zero-order chi connectivity index (χ0) is 12.3. The van der Waals surface area contributed by atoms with Gasteiger partial charge in [0.1, 0.15) is 0 Å². The topological polar surface area (TPSA) is 61.7 Å². The Hall–Kier alpha value is -1.26. The minimum Gasteiger partial charge on any atom is -0.504 e. The Bertz CT molecular complexity index is 386. The van der Waals surface area contributed by atoms with Gasteiger partial charge in [0.15, 0.2) is 11.5 Å². The zero-order valence-corrected chi connectivity index (χ0v) is 10.1. The second kappa shape index (κ2) is 4.94. The normalized spacial score (nSPS) is 23.9.